The Morgan fingerprint density at radius 1 is 0.969 bits per heavy atom. The van der Waals surface area contributed by atoms with Crippen molar-refractivity contribution in [2.45, 2.75) is 13.5 Å². The van der Waals surface area contributed by atoms with Gasteiger partial charge in [0.15, 0.2) is 0 Å². The normalized spacial score (nSPS) is 14.0. The second-order valence-corrected chi connectivity index (χ2v) is 7.76. The molecule has 1 saturated heterocycles. The molecule has 3 heterocycles. The van der Waals surface area contributed by atoms with E-state index in [2.05, 4.69) is 19.9 Å². The van der Waals surface area contributed by atoms with E-state index in [0.29, 0.717) is 44.4 Å². The Kier molecular flexibility index (Phi) is 5.41. The summed E-state index contributed by atoms with van der Waals surface area (Å²) in [6.45, 7) is 4.85. The van der Waals surface area contributed by atoms with E-state index in [1.165, 1.54) is 0 Å². The first-order chi connectivity index (χ1) is 15.7. The van der Waals surface area contributed by atoms with Crippen molar-refractivity contribution in [3.05, 3.63) is 72.8 Å². The number of anilines is 1. The highest BCUT2D eigenvalue weighted by Gasteiger charge is 2.23. The van der Waals surface area contributed by atoms with Crippen molar-refractivity contribution in [2.24, 2.45) is 0 Å². The fourth-order valence-electron chi connectivity index (χ4n) is 3.92. The number of aromatic nitrogens is 4. The van der Waals surface area contributed by atoms with Crippen LogP contribution in [0.5, 0.6) is 11.6 Å². The van der Waals surface area contributed by atoms with Gasteiger partial charge in [-0.3, -0.25) is 4.79 Å². The van der Waals surface area contributed by atoms with Crippen LogP contribution in [0.1, 0.15) is 5.82 Å². The number of aryl methyl sites for hydroxylation is 1. The van der Waals surface area contributed by atoms with E-state index in [4.69, 9.17) is 4.74 Å². The third kappa shape index (κ3) is 4.25. The van der Waals surface area contributed by atoms with Gasteiger partial charge in [-0.25, -0.2) is 9.97 Å². The van der Waals surface area contributed by atoms with Gasteiger partial charge in [-0.15, -0.1) is 0 Å². The van der Waals surface area contributed by atoms with E-state index in [1.54, 1.807) is 6.33 Å². The molecule has 0 bridgehead atoms. The van der Waals surface area contributed by atoms with Crippen LogP contribution in [0.25, 0.3) is 11.0 Å². The molecule has 2 aromatic heterocycles. The highest BCUT2D eigenvalue weighted by Crippen LogP contribution is 2.24. The van der Waals surface area contributed by atoms with Gasteiger partial charge in [-0.1, -0.05) is 30.3 Å². The van der Waals surface area contributed by atoms with Gasteiger partial charge >= 0.3 is 0 Å². The van der Waals surface area contributed by atoms with Gasteiger partial charge in [0.25, 0.3) is 0 Å². The number of fused-ring (bicyclic) bond motifs is 1. The second kappa shape index (κ2) is 8.66. The summed E-state index contributed by atoms with van der Waals surface area (Å²) >= 11 is 0. The summed E-state index contributed by atoms with van der Waals surface area (Å²) in [7, 11) is 0. The van der Waals surface area contributed by atoms with Crippen molar-refractivity contribution in [3.8, 4) is 11.6 Å². The second-order valence-electron chi connectivity index (χ2n) is 7.76. The lowest BCUT2D eigenvalue weighted by Crippen LogP contribution is -2.49. The van der Waals surface area contributed by atoms with Gasteiger partial charge in [0.1, 0.15) is 23.9 Å². The zero-order valence-electron chi connectivity index (χ0n) is 17.9. The molecule has 0 N–H and O–H groups in total. The van der Waals surface area contributed by atoms with Crippen molar-refractivity contribution in [3.63, 3.8) is 0 Å². The van der Waals surface area contributed by atoms with E-state index < -0.39 is 0 Å². The number of piperazine rings is 1. The minimum absolute atomic E-state index is 0.0970. The van der Waals surface area contributed by atoms with Gasteiger partial charge in [0.05, 0.1) is 17.4 Å². The maximum absolute atomic E-state index is 12.9. The number of hydrogen-bond donors (Lipinski definition) is 0. The molecule has 1 aliphatic heterocycles. The number of ether oxygens (including phenoxy) is 1. The lowest BCUT2D eigenvalue weighted by Gasteiger charge is -2.35. The molecule has 1 amide bonds. The van der Waals surface area contributed by atoms with Crippen LogP contribution in [0.15, 0.2) is 67.0 Å². The van der Waals surface area contributed by atoms with E-state index in [0.717, 1.165) is 22.6 Å². The predicted molar refractivity (Wildman–Crippen MR) is 122 cm³/mol. The van der Waals surface area contributed by atoms with Gasteiger partial charge in [-0.05, 0) is 31.2 Å². The highest BCUT2D eigenvalue weighted by molar-refractivity contribution is 5.80. The first-order valence-electron chi connectivity index (χ1n) is 10.7. The van der Waals surface area contributed by atoms with Crippen LogP contribution in [0, 0.1) is 6.92 Å². The summed E-state index contributed by atoms with van der Waals surface area (Å²) in [6, 6.07) is 19.3. The summed E-state index contributed by atoms with van der Waals surface area (Å²) in [4.78, 5) is 30.3. The number of carbonyl (C=O) groups is 1. The van der Waals surface area contributed by atoms with E-state index >= 15 is 0 Å². The SMILES string of the molecule is Cc1nc(Oc2ccccc2)cc(N2CCN(C(=O)Cn3cnc4ccccc43)CC2)n1. The Hall–Kier alpha value is -3.94. The molecule has 0 spiro atoms. The first kappa shape index (κ1) is 20.0. The molecule has 0 radical (unpaired) electrons. The fourth-order valence-corrected chi connectivity index (χ4v) is 3.92. The van der Waals surface area contributed by atoms with E-state index in [9.17, 15) is 4.79 Å². The van der Waals surface area contributed by atoms with Crippen LogP contribution in [0.2, 0.25) is 0 Å². The number of nitrogens with zero attached hydrogens (tertiary/aromatic N) is 6. The van der Waals surface area contributed by atoms with Crippen LogP contribution in [0.3, 0.4) is 0 Å². The Bertz CT molecular complexity index is 1230. The minimum atomic E-state index is 0.0970. The molecule has 1 fully saturated rings. The molecule has 5 rings (SSSR count). The van der Waals surface area contributed by atoms with Crippen LogP contribution in [0.4, 0.5) is 5.82 Å². The maximum atomic E-state index is 12.9. The van der Waals surface area contributed by atoms with Crippen molar-refractivity contribution < 1.29 is 9.53 Å². The standard InChI is InChI=1S/C24H24N6O2/c1-18-26-22(15-23(27-18)32-19-7-3-2-4-8-19)28-11-13-29(14-12-28)24(31)16-30-17-25-20-9-5-6-10-21(20)30/h2-10,15,17H,11-14,16H2,1H3. The average Bonchev–Trinajstić information content (AvgIpc) is 3.22. The molecule has 2 aromatic carbocycles. The molecular weight excluding hydrogens is 404 g/mol. The largest absolute Gasteiger partial charge is 0.439 e. The molecule has 162 valence electrons. The van der Waals surface area contributed by atoms with Crippen LogP contribution in [-0.2, 0) is 11.3 Å². The average molecular weight is 428 g/mol. The van der Waals surface area contributed by atoms with Crippen molar-refractivity contribution >= 4 is 22.8 Å². The number of carbonyl (C=O) groups excluding carboxylic acids is 1. The lowest BCUT2D eigenvalue weighted by atomic mass is 10.3. The number of hydrogen-bond acceptors (Lipinski definition) is 6. The Morgan fingerprint density at radius 2 is 1.72 bits per heavy atom. The summed E-state index contributed by atoms with van der Waals surface area (Å²) < 4.78 is 7.80. The molecular formula is C24H24N6O2. The number of amides is 1. The molecule has 0 aliphatic carbocycles. The van der Waals surface area contributed by atoms with Gasteiger partial charge < -0.3 is 19.1 Å². The Balaban J connectivity index is 1.23. The van der Waals surface area contributed by atoms with Gasteiger partial charge in [-0.2, -0.15) is 4.98 Å². The van der Waals surface area contributed by atoms with Gasteiger partial charge in [0, 0.05) is 32.2 Å². The molecule has 1 aliphatic rings. The van der Waals surface area contributed by atoms with Crippen LogP contribution < -0.4 is 9.64 Å². The van der Waals surface area contributed by atoms with Crippen molar-refractivity contribution in [1.82, 2.24) is 24.4 Å². The number of imidazole rings is 1. The topological polar surface area (TPSA) is 76.4 Å². The molecule has 32 heavy (non-hydrogen) atoms. The molecule has 8 heteroatoms. The van der Waals surface area contributed by atoms with E-state index in [-0.39, 0.29) is 5.91 Å². The summed E-state index contributed by atoms with van der Waals surface area (Å²) in [5.41, 5.74) is 1.87. The number of rotatable bonds is 5. The zero-order valence-corrected chi connectivity index (χ0v) is 17.9. The minimum Gasteiger partial charge on any atom is -0.439 e. The molecule has 8 nitrogen and oxygen atoms in total. The number of benzene rings is 2. The predicted octanol–water partition coefficient (Wildman–Crippen LogP) is 3.28. The molecule has 0 unspecified atom stereocenters. The molecule has 4 aromatic rings. The Morgan fingerprint density at radius 3 is 2.53 bits per heavy atom. The summed E-state index contributed by atoms with van der Waals surface area (Å²) in [5, 5.41) is 0. The highest BCUT2D eigenvalue weighted by atomic mass is 16.5. The molecule has 0 atom stereocenters. The van der Waals surface area contributed by atoms with Crippen molar-refractivity contribution in [1.29, 1.82) is 0 Å². The quantitative estimate of drug-likeness (QED) is 0.486. The van der Waals surface area contributed by atoms with E-state index in [1.807, 2.05) is 77.1 Å². The van der Waals surface area contributed by atoms with Crippen molar-refractivity contribution in [2.75, 3.05) is 31.1 Å². The smallest absolute Gasteiger partial charge is 0.242 e. The third-order valence-corrected chi connectivity index (χ3v) is 5.56. The molecule has 0 saturated carbocycles. The van der Waals surface area contributed by atoms with Crippen LogP contribution in [-0.4, -0.2) is 56.5 Å². The van der Waals surface area contributed by atoms with Crippen LogP contribution >= 0.6 is 0 Å². The fraction of sp³-hybridized carbons (Fsp3) is 0.250. The lowest BCUT2D eigenvalue weighted by molar-refractivity contribution is -0.132. The zero-order chi connectivity index (χ0) is 21.9. The third-order valence-electron chi connectivity index (χ3n) is 5.56. The maximum Gasteiger partial charge on any atom is 0.242 e. The number of para-hydroxylation sites is 3. The summed E-state index contributed by atoms with van der Waals surface area (Å²) in [6.07, 6.45) is 1.73. The first-order valence-corrected chi connectivity index (χ1v) is 10.7. The van der Waals surface area contributed by atoms with Gasteiger partial charge in [0.2, 0.25) is 11.8 Å². The Labute approximate surface area is 186 Å². The monoisotopic (exact) mass is 428 g/mol. The summed E-state index contributed by atoms with van der Waals surface area (Å²) in [5.74, 6) is 2.82.